The van der Waals surface area contributed by atoms with Gasteiger partial charge in [0.1, 0.15) is 11.3 Å². The minimum absolute atomic E-state index is 0.277. The molecule has 5 heteroatoms. The van der Waals surface area contributed by atoms with Gasteiger partial charge in [-0.2, -0.15) is 0 Å². The van der Waals surface area contributed by atoms with E-state index in [1.807, 2.05) is 12.3 Å². The molecule has 100 valence electrons. The van der Waals surface area contributed by atoms with Crippen molar-refractivity contribution in [3.8, 4) is 0 Å². The molecule has 0 unspecified atom stereocenters. The third-order valence-corrected chi connectivity index (χ3v) is 4.28. The van der Waals surface area contributed by atoms with Crippen LogP contribution in [0.15, 0.2) is 18.5 Å². The van der Waals surface area contributed by atoms with Crippen LogP contribution in [0.3, 0.4) is 0 Å². The smallest absolute Gasteiger partial charge is 0.154 e. The van der Waals surface area contributed by atoms with E-state index in [1.165, 1.54) is 19.0 Å². The maximum absolute atomic E-state index is 8.52. The summed E-state index contributed by atoms with van der Waals surface area (Å²) in [6.45, 7) is 2.20. The summed E-state index contributed by atoms with van der Waals surface area (Å²) in [7, 11) is 0. The first kappa shape index (κ1) is 12.1. The van der Waals surface area contributed by atoms with Crippen molar-refractivity contribution in [2.24, 2.45) is 11.8 Å². The number of nitrogens with one attached hydrogen (secondary N) is 3. The molecule has 19 heavy (non-hydrogen) atoms. The Hall–Kier alpha value is -1.91. The van der Waals surface area contributed by atoms with Crippen LogP contribution in [0.4, 0.5) is 0 Å². The van der Waals surface area contributed by atoms with Gasteiger partial charge in [0, 0.05) is 12.1 Å². The van der Waals surface area contributed by atoms with Crippen molar-refractivity contribution < 1.29 is 0 Å². The van der Waals surface area contributed by atoms with E-state index in [0.717, 1.165) is 24.0 Å². The molecule has 0 bridgehead atoms. The van der Waals surface area contributed by atoms with Gasteiger partial charge >= 0.3 is 0 Å². The second kappa shape index (κ2) is 4.64. The molecule has 0 saturated heterocycles. The van der Waals surface area contributed by atoms with Crippen LogP contribution in [0, 0.1) is 22.7 Å². The molecule has 5 nitrogen and oxygen atoms in total. The summed E-state index contributed by atoms with van der Waals surface area (Å²) in [6, 6.07) is 1.89. The zero-order chi connectivity index (χ0) is 13.4. The number of hydrogen-bond donors (Lipinski definition) is 3. The fraction of sp³-hybridized carbons (Fsp3) is 0.500. The molecule has 1 fully saturated rings. The molecule has 1 saturated carbocycles. The Bertz CT molecular complexity index is 666. The average Bonchev–Trinajstić information content (AvgIpc) is 3.05. The van der Waals surface area contributed by atoms with Crippen molar-refractivity contribution >= 4 is 17.0 Å². The van der Waals surface area contributed by atoms with Crippen LogP contribution in [-0.2, 0) is 0 Å². The van der Waals surface area contributed by atoms with Crippen LogP contribution in [0.5, 0.6) is 0 Å². The summed E-state index contributed by atoms with van der Waals surface area (Å²) in [5, 5.41) is 16.6. The Morgan fingerprint density at radius 1 is 1.53 bits per heavy atom. The third-order valence-electron chi connectivity index (χ3n) is 4.28. The molecular formula is C14H19N5. The van der Waals surface area contributed by atoms with E-state index in [-0.39, 0.29) is 5.92 Å². The van der Waals surface area contributed by atoms with Gasteiger partial charge in [-0.25, -0.2) is 4.98 Å². The maximum Gasteiger partial charge on any atom is 0.154 e. The molecule has 1 aliphatic carbocycles. The Kier molecular flexibility index (Phi) is 2.97. The number of rotatable bonds is 2. The van der Waals surface area contributed by atoms with E-state index in [1.54, 1.807) is 4.57 Å². The van der Waals surface area contributed by atoms with E-state index < -0.39 is 0 Å². The molecule has 3 rings (SSSR count). The second-order valence-electron chi connectivity index (χ2n) is 5.28. The van der Waals surface area contributed by atoms with Crippen LogP contribution in [0.25, 0.3) is 11.2 Å². The number of H-pyrrole nitrogens is 1. The largest absolute Gasteiger partial charge is 0.345 e. The number of fused-ring (bicyclic) bond motifs is 1. The van der Waals surface area contributed by atoms with Gasteiger partial charge in [-0.15, -0.1) is 0 Å². The quantitative estimate of drug-likeness (QED) is 0.560. The van der Waals surface area contributed by atoms with Gasteiger partial charge in [0.25, 0.3) is 0 Å². The van der Waals surface area contributed by atoms with Gasteiger partial charge < -0.3 is 4.98 Å². The van der Waals surface area contributed by atoms with Crippen molar-refractivity contribution in [1.29, 1.82) is 10.8 Å². The van der Waals surface area contributed by atoms with Gasteiger partial charge in [-0.05, 0) is 24.8 Å². The van der Waals surface area contributed by atoms with Gasteiger partial charge in [-0.3, -0.25) is 15.4 Å². The number of aromatic nitrogens is 3. The van der Waals surface area contributed by atoms with Gasteiger partial charge in [0.15, 0.2) is 5.65 Å². The first-order valence-electron chi connectivity index (χ1n) is 6.91. The third kappa shape index (κ3) is 1.89. The monoisotopic (exact) mass is 257 g/mol. The van der Waals surface area contributed by atoms with Crippen molar-refractivity contribution in [3.05, 3.63) is 23.9 Å². The first-order chi connectivity index (χ1) is 9.22. The molecule has 2 aromatic rings. The van der Waals surface area contributed by atoms with E-state index in [9.17, 15) is 0 Å². The summed E-state index contributed by atoms with van der Waals surface area (Å²) in [4.78, 5) is 7.23. The molecule has 2 heterocycles. The fourth-order valence-corrected chi connectivity index (χ4v) is 3.26. The first-order valence-corrected chi connectivity index (χ1v) is 6.91. The predicted molar refractivity (Wildman–Crippen MR) is 74.2 cm³/mol. The molecule has 0 aromatic carbocycles. The molecule has 0 spiro atoms. The van der Waals surface area contributed by atoms with Gasteiger partial charge in [0.05, 0.1) is 11.7 Å². The summed E-state index contributed by atoms with van der Waals surface area (Å²) in [5.74, 6) is 1.42. The Morgan fingerprint density at radius 2 is 2.37 bits per heavy atom. The lowest BCUT2D eigenvalue weighted by molar-refractivity contribution is 0.457. The van der Waals surface area contributed by atoms with Crippen LogP contribution in [0.1, 0.15) is 32.6 Å². The normalized spacial score (nSPS) is 23.0. The van der Waals surface area contributed by atoms with Gasteiger partial charge in [-0.1, -0.05) is 19.8 Å². The summed E-state index contributed by atoms with van der Waals surface area (Å²) in [5.41, 5.74) is 1.87. The van der Waals surface area contributed by atoms with Crippen molar-refractivity contribution in [2.75, 3.05) is 0 Å². The molecule has 2 aromatic heterocycles. The van der Waals surface area contributed by atoms with Crippen molar-refractivity contribution in [2.45, 2.75) is 32.6 Å². The highest BCUT2D eigenvalue weighted by Crippen LogP contribution is 2.35. The number of nitrogens with zero attached hydrogens (tertiary/aromatic N) is 2. The molecule has 1 aliphatic rings. The van der Waals surface area contributed by atoms with Crippen LogP contribution in [-0.4, -0.2) is 20.4 Å². The summed E-state index contributed by atoms with van der Waals surface area (Å²) >= 11 is 0. The highest BCUT2D eigenvalue weighted by atomic mass is 15.1. The average molecular weight is 257 g/mol. The van der Waals surface area contributed by atoms with E-state index in [2.05, 4.69) is 16.9 Å². The topological polar surface area (TPSA) is 81.3 Å². The Morgan fingerprint density at radius 3 is 3.16 bits per heavy atom. The maximum atomic E-state index is 8.52. The molecule has 0 radical (unpaired) electrons. The van der Waals surface area contributed by atoms with Crippen molar-refractivity contribution in [1.82, 2.24) is 14.5 Å². The Labute approximate surface area is 111 Å². The van der Waals surface area contributed by atoms with E-state index in [4.69, 9.17) is 10.8 Å². The standard InChI is InChI=1S/C14H19N5/c1-2-9-4-3-5-10(9)13(16)19-11-6-7-17-14(11)18-8-12(19)15/h6-10,15-17H,2-5H2,1H3/t9-,10+/m1/s1. The van der Waals surface area contributed by atoms with Crippen molar-refractivity contribution in [3.63, 3.8) is 0 Å². The number of aromatic amines is 1. The van der Waals surface area contributed by atoms with E-state index in [0.29, 0.717) is 17.2 Å². The zero-order valence-electron chi connectivity index (χ0n) is 11.1. The fourth-order valence-electron chi connectivity index (χ4n) is 3.26. The summed E-state index contributed by atoms with van der Waals surface area (Å²) < 4.78 is 1.73. The molecule has 0 aliphatic heterocycles. The predicted octanol–water partition coefficient (Wildman–Crippen LogP) is 2.50. The lowest BCUT2D eigenvalue weighted by atomic mass is 9.92. The second-order valence-corrected chi connectivity index (χ2v) is 5.28. The molecular weight excluding hydrogens is 238 g/mol. The Balaban J connectivity index is 2.08. The minimum atomic E-state index is 0.277. The minimum Gasteiger partial charge on any atom is -0.345 e. The lowest BCUT2D eigenvalue weighted by Gasteiger charge is -2.21. The van der Waals surface area contributed by atoms with Gasteiger partial charge in [0.2, 0.25) is 0 Å². The lowest BCUT2D eigenvalue weighted by Crippen LogP contribution is -2.33. The van der Waals surface area contributed by atoms with E-state index >= 15 is 0 Å². The zero-order valence-corrected chi connectivity index (χ0v) is 11.1. The molecule has 2 atom stereocenters. The highest BCUT2D eigenvalue weighted by Gasteiger charge is 2.30. The van der Waals surface area contributed by atoms with Crippen LogP contribution < -0.4 is 5.49 Å². The highest BCUT2D eigenvalue weighted by molar-refractivity contribution is 5.91. The number of hydrogen-bond acceptors (Lipinski definition) is 3. The SMILES string of the molecule is CC[C@@H]1CCC[C@@H]1C(=N)n1c(=N)cnc2[nH]ccc21. The molecule has 3 N–H and O–H groups in total. The van der Waals surface area contributed by atoms with Crippen LogP contribution in [0.2, 0.25) is 0 Å². The van der Waals surface area contributed by atoms with Crippen LogP contribution >= 0.6 is 0 Å². The molecule has 0 amide bonds. The summed E-state index contributed by atoms with van der Waals surface area (Å²) in [6.07, 6.45) is 7.91.